The third-order valence-electron chi connectivity index (χ3n) is 25.1. The standard InChI is InChI=1S/C57H32N4O2.C37H20ClN3O2.C20H13N/c1-2-13-33(14-3-1)55-58-56(41-22-12-24-50-52(41)40-21-10-11-23-49(40)62-50)60-57(59-55)42-25-26-46(54-53(42)45-29-36-17-6-9-20-39(36)32-51(45)63-54)61-47-30-37-18-7-4-15-34(37)27-43(47)44-28-35-16-5-8-19-38(35)31-48(44)61;38-28-18-17-26(33-27-19-22-11-4-5-12-23(22)20-31(27)43-34(28)33)37-40-35(21-9-2-1-3-10-21)39-36(41-37)25-14-8-16-30-32(25)24-13-6-7-15-29(24)42-30;1-3-7-15-11-19-17(9-13(15)5-1)18-10-14-6-2-4-8-16(14)12-20(18)21-19/h1-32H;1-20H;1-12,21H. The van der Waals surface area contributed by atoms with E-state index in [9.17, 15) is 0 Å². The van der Waals surface area contributed by atoms with Gasteiger partial charge in [-0.1, -0.05) is 279 Å². The van der Waals surface area contributed by atoms with E-state index in [4.69, 9.17) is 59.2 Å². The minimum absolute atomic E-state index is 0.534. The first-order valence-corrected chi connectivity index (χ1v) is 42.7. The lowest BCUT2D eigenvalue weighted by atomic mass is 10.0. The van der Waals surface area contributed by atoms with Crippen LogP contribution in [0.3, 0.4) is 0 Å². The molecule has 0 amide bonds. The summed E-state index contributed by atoms with van der Waals surface area (Å²) in [6.45, 7) is 0. The lowest BCUT2D eigenvalue weighted by Crippen LogP contribution is -2.01. The largest absolute Gasteiger partial charge is 0.456 e. The second-order valence-corrected chi connectivity index (χ2v) is 32.9. The summed E-state index contributed by atoms with van der Waals surface area (Å²) in [6, 6.07) is 134. The number of hydrogen-bond donors (Lipinski definition) is 1. The summed E-state index contributed by atoms with van der Waals surface area (Å²) in [5, 5.41) is 27.6. The smallest absolute Gasteiger partial charge is 0.164 e. The molecule has 20 aromatic carbocycles. The molecule has 0 atom stereocenters. The van der Waals surface area contributed by atoms with Crippen LogP contribution in [0.5, 0.6) is 0 Å². The van der Waals surface area contributed by atoms with Gasteiger partial charge in [0.15, 0.2) is 46.1 Å². The Kier molecular flexibility index (Phi) is 16.2. The Balaban J connectivity index is 0.000000114. The number of fused-ring (bicyclic) bond motifs is 24. The Morgan fingerprint density at radius 1 is 0.213 bits per heavy atom. The number of nitrogens with zero attached hydrogens (tertiary/aromatic N) is 7. The maximum atomic E-state index is 7.17. The molecule has 0 aliphatic heterocycles. The van der Waals surface area contributed by atoms with Gasteiger partial charge in [-0.25, -0.2) is 29.9 Å². The van der Waals surface area contributed by atoms with Crippen LogP contribution in [-0.2, 0) is 0 Å². The number of H-pyrrole nitrogens is 1. The summed E-state index contributed by atoms with van der Waals surface area (Å²) >= 11 is 6.72. The zero-order valence-electron chi connectivity index (χ0n) is 67.6. The van der Waals surface area contributed by atoms with E-state index in [1.807, 2.05) is 152 Å². The van der Waals surface area contributed by atoms with Gasteiger partial charge < -0.3 is 27.2 Å². The molecule has 1 N–H and O–H groups in total. The minimum Gasteiger partial charge on any atom is -0.456 e. The van der Waals surface area contributed by atoms with Crippen molar-refractivity contribution in [3.05, 3.63) is 393 Å². The first-order valence-electron chi connectivity index (χ1n) is 42.4. The first kappa shape index (κ1) is 71.8. The topological polar surface area (TPSA) is 151 Å². The van der Waals surface area contributed by atoms with Gasteiger partial charge in [0.05, 0.1) is 21.7 Å². The van der Waals surface area contributed by atoms with Crippen molar-refractivity contribution >= 4 is 208 Å². The maximum Gasteiger partial charge on any atom is 0.164 e. The molecule has 8 aromatic heterocycles. The Hall–Kier alpha value is -16.9. The van der Waals surface area contributed by atoms with Gasteiger partial charge in [-0.2, -0.15) is 0 Å². The molecule has 12 nitrogen and oxygen atoms in total. The second kappa shape index (κ2) is 28.6. The number of benzene rings is 20. The van der Waals surface area contributed by atoms with Crippen molar-refractivity contribution in [1.82, 2.24) is 39.5 Å². The summed E-state index contributed by atoms with van der Waals surface area (Å²) in [7, 11) is 0. The molecule has 127 heavy (non-hydrogen) atoms. The van der Waals surface area contributed by atoms with Crippen LogP contribution in [0.1, 0.15) is 0 Å². The van der Waals surface area contributed by atoms with Crippen LogP contribution >= 0.6 is 11.6 Å². The monoisotopic (exact) mass is 1640 g/mol. The minimum atomic E-state index is 0.534. The van der Waals surface area contributed by atoms with Crippen molar-refractivity contribution in [2.45, 2.75) is 0 Å². The fourth-order valence-corrected chi connectivity index (χ4v) is 19.3. The molecule has 0 bridgehead atoms. The van der Waals surface area contributed by atoms with Gasteiger partial charge in [0.1, 0.15) is 33.5 Å². The highest BCUT2D eigenvalue weighted by molar-refractivity contribution is 6.37. The molecular weight excluding hydrogens is 1580 g/mol. The quantitative estimate of drug-likeness (QED) is 0.163. The summed E-state index contributed by atoms with van der Waals surface area (Å²) in [4.78, 5) is 34.6. The summed E-state index contributed by atoms with van der Waals surface area (Å²) in [5.41, 5.74) is 16.9. The van der Waals surface area contributed by atoms with Crippen molar-refractivity contribution < 1.29 is 17.7 Å². The van der Waals surface area contributed by atoms with Gasteiger partial charge in [-0.3, -0.25) is 0 Å². The molecule has 0 radical (unpaired) electrons. The van der Waals surface area contributed by atoms with Gasteiger partial charge in [0, 0.05) is 109 Å². The van der Waals surface area contributed by atoms with E-state index >= 15 is 0 Å². The van der Waals surface area contributed by atoms with Crippen LogP contribution in [0.2, 0.25) is 5.02 Å². The number of halogens is 1. The number of para-hydroxylation sites is 2. The zero-order chi connectivity index (χ0) is 83.5. The molecular formula is C114H65ClN8O4. The van der Waals surface area contributed by atoms with Crippen LogP contribution in [0.4, 0.5) is 0 Å². The predicted octanol–water partition coefficient (Wildman–Crippen LogP) is 31.3. The van der Waals surface area contributed by atoms with E-state index in [-0.39, 0.29) is 0 Å². The second-order valence-electron chi connectivity index (χ2n) is 32.5. The number of nitrogens with one attached hydrogen (secondary N) is 1. The van der Waals surface area contributed by atoms with Crippen LogP contribution in [0.15, 0.2) is 406 Å². The van der Waals surface area contributed by atoms with E-state index < -0.39 is 0 Å². The Labute approximate surface area is 727 Å². The van der Waals surface area contributed by atoms with Crippen molar-refractivity contribution in [2.75, 3.05) is 0 Å². The first-order chi connectivity index (χ1) is 62.8. The summed E-state index contributed by atoms with van der Waals surface area (Å²) in [5.74, 6) is 3.36. The fourth-order valence-electron chi connectivity index (χ4n) is 19.1. The van der Waals surface area contributed by atoms with Crippen molar-refractivity contribution in [3.8, 4) is 74.0 Å². The maximum absolute atomic E-state index is 7.17. The molecule has 0 fully saturated rings. The van der Waals surface area contributed by atoms with Crippen LogP contribution in [0, 0.1) is 0 Å². The van der Waals surface area contributed by atoms with E-state index in [1.165, 1.54) is 75.7 Å². The Morgan fingerprint density at radius 2 is 0.528 bits per heavy atom. The zero-order valence-corrected chi connectivity index (χ0v) is 68.3. The third kappa shape index (κ3) is 11.8. The fraction of sp³-hybridized carbons (Fsp3) is 0. The Morgan fingerprint density at radius 3 is 0.953 bits per heavy atom. The van der Waals surface area contributed by atoms with Gasteiger partial charge >= 0.3 is 0 Å². The SMILES string of the molecule is Clc1ccc(-c2nc(-c3ccccc3)nc(-c3cccc4oc5ccccc5c34)n2)c2c1oc1cc3ccccc3cc12.c1ccc(-c2nc(-c3cccc4oc5ccccc5c34)nc(-c3ccc(-n4c5cc6ccccc6cc5c5cc6ccccc6cc54)c4oc5cc6ccccc6cc5c34)n2)cc1.c1ccc2cc3c(cc2c1)[nH]c1cc2ccccc2cc13. The highest BCUT2D eigenvalue weighted by atomic mass is 35.5. The number of furan rings is 4. The van der Waals surface area contributed by atoms with Gasteiger partial charge in [0.25, 0.3) is 0 Å². The normalized spacial score (nSPS) is 12.0. The molecule has 0 unspecified atom stereocenters. The van der Waals surface area contributed by atoms with Gasteiger partial charge in [-0.15, -0.1) is 0 Å². The molecule has 0 saturated carbocycles. The molecule has 0 aliphatic carbocycles. The van der Waals surface area contributed by atoms with E-state index in [1.54, 1.807) is 0 Å². The number of aromatic amines is 1. The molecule has 0 spiro atoms. The van der Waals surface area contributed by atoms with Crippen LogP contribution < -0.4 is 0 Å². The predicted molar refractivity (Wildman–Crippen MR) is 522 cm³/mol. The van der Waals surface area contributed by atoms with E-state index in [0.29, 0.717) is 45.6 Å². The number of aromatic nitrogens is 8. The van der Waals surface area contributed by atoms with Crippen molar-refractivity contribution in [3.63, 3.8) is 0 Å². The van der Waals surface area contributed by atoms with Crippen LogP contribution in [0.25, 0.3) is 270 Å². The highest BCUT2D eigenvalue weighted by Crippen LogP contribution is 2.48. The van der Waals surface area contributed by atoms with Crippen molar-refractivity contribution in [1.29, 1.82) is 0 Å². The average Bonchev–Trinajstić information content (AvgIpc) is 1.55. The van der Waals surface area contributed by atoms with Crippen molar-refractivity contribution in [2.24, 2.45) is 0 Å². The lowest BCUT2D eigenvalue weighted by molar-refractivity contribution is 0.667. The molecule has 8 heterocycles. The van der Waals surface area contributed by atoms with Crippen LogP contribution in [-0.4, -0.2) is 39.5 Å². The van der Waals surface area contributed by atoms with Gasteiger partial charge in [-0.05, 0) is 186 Å². The average molecular weight is 1650 g/mol. The number of rotatable bonds is 7. The molecule has 0 aliphatic rings. The molecule has 13 heteroatoms. The molecule has 28 aromatic rings. The molecule has 592 valence electrons. The van der Waals surface area contributed by atoms with E-state index in [2.05, 4.69) is 246 Å². The molecule has 28 rings (SSSR count). The molecule has 0 saturated heterocycles. The van der Waals surface area contributed by atoms with E-state index in [0.717, 1.165) is 154 Å². The lowest BCUT2D eigenvalue weighted by Gasteiger charge is -2.13. The highest BCUT2D eigenvalue weighted by Gasteiger charge is 2.28. The van der Waals surface area contributed by atoms with Gasteiger partial charge in [0.2, 0.25) is 0 Å². The summed E-state index contributed by atoms with van der Waals surface area (Å²) < 4.78 is 28.5. The third-order valence-corrected chi connectivity index (χ3v) is 25.4. The number of hydrogen-bond acceptors (Lipinski definition) is 10. The Bertz CT molecular complexity index is 9290. The summed E-state index contributed by atoms with van der Waals surface area (Å²) in [6.07, 6.45) is 0.